The maximum atomic E-state index is 12.6. The van der Waals surface area contributed by atoms with E-state index in [9.17, 15) is 4.79 Å². The third-order valence-corrected chi connectivity index (χ3v) is 4.53. The van der Waals surface area contributed by atoms with Crippen molar-refractivity contribution in [2.24, 2.45) is 0 Å². The molecule has 0 saturated carbocycles. The molecule has 24 heavy (non-hydrogen) atoms. The van der Waals surface area contributed by atoms with Crippen LogP contribution in [0.3, 0.4) is 0 Å². The Bertz CT molecular complexity index is 585. The van der Waals surface area contributed by atoms with Crippen LogP contribution in [-0.2, 0) is 0 Å². The summed E-state index contributed by atoms with van der Waals surface area (Å²) in [5, 5.41) is 3.47. The van der Waals surface area contributed by atoms with Gasteiger partial charge >= 0.3 is 6.03 Å². The number of rotatable bonds is 4. The van der Waals surface area contributed by atoms with Crippen molar-refractivity contribution in [2.45, 2.75) is 6.42 Å². The van der Waals surface area contributed by atoms with Crippen LogP contribution >= 0.6 is 11.6 Å². The predicted molar refractivity (Wildman–Crippen MR) is 94.2 cm³/mol. The number of nitrogens with one attached hydrogen (secondary N) is 1. The number of halogens is 2. The van der Waals surface area contributed by atoms with Crippen molar-refractivity contribution >= 4 is 23.3 Å². The maximum absolute atomic E-state index is 12.6. The van der Waals surface area contributed by atoms with E-state index in [2.05, 4.69) is 18.9 Å². The van der Waals surface area contributed by atoms with Crippen molar-refractivity contribution in [3.8, 4) is 5.75 Å². The lowest BCUT2D eigenvalue weighted by Gasteiger charge is -2.32. The van der Waals surface area contributed by atoms with Crippen LogP contribution in [0.1, 0.15) is 6.42 Å². The topological polar surface area (TPSA) is 41.6 Å². The van der Waals surface area contributed by atoms with E-state index in [4.69, 9.17) is 16.3 Å². The van der Waals surface area contributed by atoms with Gasteiger partial charge in [0.05, 0.1) is 46.0 Å². The number of urea groups is 1. The first-order valence-corrected chi connectivity index (χ1v) is 8.19. The molecule has 1 unspecified atom stereocenters. The number of ether oxygens (including phenoxy) is 1. The molecule has 0 radical (unpaired) electrons. The lowest BCUT2D eigenvalue weighted by Crippen LogP contribution is -3.00. The highest BCUT2D eigenvalue weighted by atomic mass is 127. The SMILES string of the molecule is C=CC[N+]1(C)CCCN(C(=O)Nc2cc(Cl)ccc2OC)CC1.[I-]. The number of likely N-dealkylation sites (N-methyl/N-ethyl adjacent to an activating group) is 1. The van der Waals surface area contributed by atoms with E-state index in [0.717, 1.165) is 43.6 Å². The minimum Gasteiger partial charge on any atom is -1.00 e. The number of carbonyl (C=O) groups excluding carboxylic acids is 1. The number of methoxy groups -OCH3 is 1. The van der Waals surface area contributed by atoms with Crippen LogP contribution in [0.4, 0.5) is 10.5 Å². The van der Waals surface area contributed by atoms with Crippen molar-refractivity contribution in [3.63, 3.8) is 0 Å². The molecule has 1 aromatic rings. The van der Waals surface area contributed by atoms with E-state index >= 15 is 0 Å². The second kappa shape index (κ2) is 9.48. The normalized spacial score (nSPS) is 20.5. The van der Waals surface area contributed by atoms with Gasteiger partial charge in [-0.3, -0.25) is 0 Å². The van der Waals surface area contributed by atoms with Crippen LogP contribution < -0.4 is 34.0 Å². The van der Waals surface area contributed by atoms with E-state index in [0.29, 0.717) is 16.5 Å². The summed E-state index contributed by atoms with van der Waals surface area (Å²) in [6, 6.07) is 5.07. The second-order valence-electron chi connectivity index (χ2n) is 6.15. The van der Waals surface area contributed by atoms with Gasteiger partial charge in [0, 0.05) is 18.0 Å². The first kappa shape index (κ1) is 21.1. The lowest BCUT2D eigenvalue weighted by molar-refractivity contribution is -0.901. The average molecular weight is 466 g/mol. The number of carbonyl (C=O) groups is 1. The molecule has 1 saturated heterocycles. The van der Waals surface area contributed by atoms with Gasteiger partial charge in [0.25, 0.3) is 0 Å². The molecule has 5 nitrogen and oxygen atoms in total. The Morgan fingerprint density at radius 3 is 2.88 bits per heavy atom. The van der Waals surface area contributed by atoms with Gasteiger partial charge in [-0.2, -0.15) is 0 Å². The van der Waals surface area contributed by atoms with E-state index in [1.54, 1.807) is 25.3 Å². The van der Waals surface area contributed by atoms with Crippen LogP contribution in [-0.4, -0.2) is 62.3 Å². The second-order valence-corrected chi connectivity index (χ2v) is 6.59. The molecule has 2 amide bonds. The van der Waals surface area contributed by atoms with E-state index < -0.39 is 0 Å². The molecule has 1 fully saturated rings. The minimum absolute atomic E-state index is 0. The highest BCUT2D eigenvalue weighted by molar-refractivity contribution is 6.31. The van der Waals surface area contributed by atoms with Crippen molar-refractivity contribution in [3.05, 3.63) is 35.9 Å². The number of hydrogen-bond acceptors (Lipinski definition) is 2. The molecule has 134 valence electrons. The summed E-state index contributed by atoms with van der Waals surface area (Å²) in [7, 11) is 3.78. The quantitative estimate of drug-likeness (QED) is 0.393. The molecule has 0 bridgehead atoms. The number of quaternary nitrogens is 1. The fraction of sp³-hybridized carbons (Fsp3) is 0.471. The molecular weight excluding hydrogens is 441 g/mol. The monoisotopic (exact) mass is 465 g/mol. The molecule has 0 spiro atoms. The Morgan fingerprint density at radius 1 is 1.46 bits per heavy atom. The molecule has 1 aromatic carbocycles. The van der Waals surface area contributed by atoms with Gasteiger partial charge in [-0.05, 0) is 24.3 Å². The number of benzene rings is 1. The van der Waals surface area contributed by atoms with Gasteiger partial charge < -0.3 is 43.4 Å². The van der Waals surface area contributed by atoms with Crippen molar-refractivity contribution in [1.82, 2.24) is 4.90 Å². The highest BCUT2D eigenvalue weighted by Crippen LogP contribution is 2.28. The Labute approximate surface area is 166 Å². The van der Waals surface area contributed by atoms with E-state index in [1.165, 1.54) is 0 Å². The van der Waals surface area contributed by atoms with Gasteiger partial charge in [-0.1, -0.05) is 18.2 Å². The number of anilines is 1. The van der Waals surface area contributed by atoms with Crippen LogP contribution in [0.5, 0.6) is 5.75 Å². The summed E-state index contributed by atoms with van der Waals surface area (Å²) in [5.74, 6) is 0.602. The molecule has 1 N–H and O–H groups in total. The zero-order valence-corrected chi connectivity index (χ0v) is 17.1. The standard InChI is InChI=1S/C17H24ClN3O2.HI/c1-4-10-21(2)11-5-8-20(9-12-21)17(22)19-15-13-14(18)6-7-16(15)23-3;/h4,6-7,13H,1,5,8-12H2,2-3H3;1H. The minimum atomic E-state index is -0.113. The molecule has 2 rings (SSSR count). The average Bonchev–Trinajstić information content (AvgIpc) is 2.70. The Hall–Kier alpha value is -0.990. The number of hydrogen-bond donors (Lipinski definition) is 1. The molecule has 1 aliphatic heterocycles. The third-order valence-electron chi connectivity index (χ3n) is 4.30. The summed E-state index contributed by atoms with van der Waals surface area (Å²) >= 11 is 6.01. The van der Waals surface area contributed by atoms with E-state index in [-0.39, 0.29) is 30.0 Å². The lowest BCUT2D eigenvalue weighted by atomic mass is 10.3. The van der Waals surface area contributed by atoms with Crippen LogP contribution in [0.15, 0.2) is 30.9 Å². The number of amides is 2. The third kappa shape index (κ3) is 5.53. The Balaban J connectivity index is 0.00000288. The van der Waals surface area contributed by atoms with Gasteiger partial charge in [0.2, 0.25) is 0 Å². The smallest absolute Gasteiger partial charge is 0.322 e. The molecule has 0 aromatic heterocycles. The highest BCUT2D eigenvalue weighted by Gasteiger charge is 2.27. The summed E-state index contributed by atoms with van der Waals surface area (Å²) in [4.78, 5) is 14.4. The first-order chi connectivity index (χ1) is 11.0. The van der Waals surface area contributed by atoms with Crippen molar-refractivity contribution in [2.75, 3.05) is 52.2 Å². The molecular formula is C17H25ClIN3O2. The maximum Gasteiger partial charge on any atom is 0.322 e. The largest absolute Gasteiger partial charge is 1.00 e. The molecule has 1 aliphatic rings. The summed E-state index contributed by atoms with van der Waals surface area (Å²) < 4.78 is 6.20. The van der Waals surface area contributed by atoms with Gasteiger partial charge in [0.15, 0.2) is 0 Å². The summed E-state index contributed by atoms with van der Waals surface area (Å²) in [6.45, 7) is 8.21. The fourth-order valence-corrected chi connectivity index (χ4v) is 3.07. The predicted octanol–water partition coefficient (Wildman–Crippen LogP) is 0.223. The first-order valence-electron chi connectivity index (χ1n) is 7.81. The Kier molecular flexibility index (Phi) is 8.32. The van der Waals surface area contributed by atoms with Crippen LogP contribution in [0.2, 0.25) is 5.02 Å². The van der Waals surface area contributed by atoms with Gasteiger partial charge in [-0.25, -0.2) is 4.79 Å². The fourth-order valence-electron chi connectivity index (χ4n) is 2.90. The van der Waals surface area contributed by atoms with E-state index in [1.807, 2.05) is 11.0 Å². The Morgan fingerprint density at radius 2 is 2.21 bits per heavy atom. The summed E-state index contributed by atoms with van der Waals surface area (Å²) in [6.07, 6.45) is 2.93. The van der Waals surface area contributed by atoms with Crippen LogP contribution in [0.25, 0.3) is 0 Å². The van der Waals surface area contributed by atoms with Crippen molar-refractivity contribution < 1.29 is 38.0 Å². The van der Waals surface area contributed by atoms with Crippen LogP contribution in [0, 0.1) is 0 Å². The zero-order valence-electron chi connectivity index (χ0n) is 14.2. The number of nitrogens with zero attached hydrogens (tertiary/aromatic N) is 2. The molecule has 7 heteroatoms. The zero-order chi connectivity index (χ0) is 16.9. The molecule has 1 atom stereocenters. The molecule has 1 heterocycles. The van der Waals surface area contributed by atoms with Crippen molar-refractivity contribution in [1.29, 1.82) is 0 Å². The van der Waals surface area contributed by atoms with Gasteiger partial charge in [0.1, 0.15) is 5.75 Å². The van der Waals surface area contributed by atoms with Gasteiger partial charge in [-0.15, -0.1) is 0 Å². The summed E-state index contributed by atoms with van der Waals surface area (Å²) in [5.41, 5.74) is 0.595. The molecule has 0 aliphatic carbocycles.